The molecule has 1 aromatic heterocycles. The normalized spacial score (nSPS) is 27.6. The summed E-state index contributed by atoms with van der Waals surface area (Å²) in [6, 6.07) is 1.88. The quantitative estimate of drug-likeness (QED) is 0.837. The molecule has 0 aromatic carbocycles. The summed E-state index contributed by atoms with van der Waals surface area (Å²) < 4.78 is 1.71. The minimum atomic E-state index is -0.715. The van der Waals surface area contributed by atoms with E-state index in [2.05, 4.69) is 10.4 Å². The number of hydrogen-bond acceptors (Lipinski definition) is 3. The minimum Gasteiger partial charge on any atom is -0.345 e. The van der Waals surface area contributed by atoms with Crippen LogP contribution in [-0.4, -0.2) is 38.6 Å². The Labute approximate surface area is 111 Å². The van der Waals surface area contributed by atoms with Crippen LogP contribution >= 0.6 is 0 Å². The molecule has 1 atom stereocenters. The summed E-state index contributed by atoms with van der Waals surface area (Å²) in [5, 5.41) is 7.01. The molecule has 0 spiro atoms. The van der Waals surface area contributed by atoms with E-state index in [0.29, 0.717) is 6.54 Å². The van der Waals surface area contributed by atoms with Crippen LogP contribution < -0.4 is 5.32 Å². The Morgan fingerprint density at radius 2 is 2.21 bits per heavy atom. The molecule has 2 amide bonds. The average Bonchev–Trinajstić information content (AvgIpc) is 3.15. The Hall–Kier alpha value is -1.85. The maximum absolute atomic E-state index is 12.2. The molecule has 2 fully saturated rings. The molecule has 3 rings (SSSR count). The number of nitrogens with zero attached hydrogens (tertiary/aromatic N) is 3. The first-order valence-electron chi connectivity index (χ1n) is 6.59. The second kappa shape index (κ2) is 4.08. The highest BCUT2D eigenvalue weighted by Gasteiger charge is 2.54. The fraction of sp³-hybridized carbons (Fsp3) is 0.615. The third-order valence-electron chi connectivity index (χ3n) is 4.18. The van der Waals surface area contributed by atoms with Crippen molar-refractivity contribution >= 4 is 11.8 Å². The van der Waals surface area contributed by atoms with E-state index in [-0.39, 0.29) is 24.3 Å². The molecule has 102 valence electrons. The molecule has 2 heterocycles. The predicted octanol–water partition coefficient (Wildman–Crippen LogP) is 0.0472. The summed E-state index contributed by atoms with van der Waals surface area (Å²) in [6.45, 7) is 2.37. The van der Waals surface area contributed by atoms with Crippen LogP contribution in [0.2, 0.25) is 0 Å². The zero-order valence-corrected chi connectivity index (χ0v) is 11.2. The van der Waals surface area contributed by atoms with E-state index in [9.17, 15) is 9.59 Å². The topological polar surface area (TPSA) is 67.2 Å². The van der Waals surface area contributed by atoms with Crippen molar-refractivity contribution in [2.45, 2.75) is 31.8 Å². The minimum absolute atomic E-state index is 0.0281. The summed E-state index contributed by atoms with van der Waals surface area (Å²) in [6.07, 6.45) is 3.87. The molecule has 2 aliphatic rings. The van der Waals surface area contributed by atoms with Gasteiger partial charge in [-0.2, -0.15) is 5.10 Å². The van der Waals surface area contributed by atoms with Crippen LogP contribution in [0, 0.1) is 5.92 Å². The number of carbonyl (C=O) groups excluding carboxylic acids is 2. The zero-order valence-electron chi connectivity index (χ0n) is 11.2. The largest absolute Gasteiger partial charge is 0.345 e. The number of aromatic nitrogens is 2. The van der Waals surface area contributed by atoms with Crippen LogP contribution in [0.1, 0.15) is 25.5 Å². The van der Waals surface area contributed by atoms with Gasteiger partial charge in [0.25, 0.3) is 0 Å². The molecule has 0 radical (unpaired) electrons. The van der Waals surface area contributed by atoms with Gasteiger partial charge in [-0.1, -0.05) is 0 Å². The molecule has 1 unspecified atom stereocenters. The first-order chi connectivity index (χ1) is 9.01. The van der Waals surface area contributed by atoms with Crippen LogP contribution in [0.4, 0.5) is 0 Å². The second-order valence-electron chi connectivity index (χ2n) is 5.57. The van der Waals surface area contributed by atoms with Crippen LogP contribution in [-0.2, 0) is 23.2 Å². The SMILES string of the molecule is Cn1ccc(CN2C(=O)CNC(=O)C2(C)C2CC2)n1. The molecular formula is C13H18N4O2. The zero-order chi connectivity index (χ0) is 13.6. The Bertz CT molecular complexity index is 535. The maximum Gasteiger partial charge on any atom is 0.246 e. The molecule has 6 heteroatoms. The lowest BCUT2D eigenvalue weighted by atomic mass is 9.89. The first kappa shape index (κ1) is 12.2. The van der Waals surface area contributed by atoms with E-state index in [1.165, 1.54) is 0 Å². The van der Waals surface area contributed by atoms with Gasteiger partial charge < -0.3 is 10.2 Å². The molecule has 1 aliphatic heterocycles. The lowest BCUT2D eigenvalue weighted by Gasteiger charge is -2.43. The van der Waals surface area contributed by atoms with Crippen LogP contribution in [0.25, 0.3) is 0 Å². The molecule has 1 aromatic rings. The van der Waals surface area contributed by atoms with Gasteiger partial charge in [0, 0.05) is 13.2 Å². The monoisotopic (exact) mass is 262 g/mol. The molecular weight excluding hydrogens is 244 g/mol. The predicted molar refractivity (Wildman–Crippen MR) is 67.9 cm³/mol. The Balaban J connectivity index is 1.90. The van der Waals surface area contributed by atoms with Crippen LogP contribution in [0.5, 0.6) is 0 Å². The number of rotatable bonds is 3. The first-order valence-corrected chi connectivity index (χ1v) is 6.59. The number of piperazine rings is 1. The van der Waals surface area contributed by atoms with Gasteiger partial charge in [-0.05, 0) is 31.7 Å². The summed E-state index contributed by atoms with van der Waals surface area (Å²) in [4.78, 5) is 26.1. The molecule has 1 N–H and O–H groups in total. The van der Waals surface area contributed by atoms with Crippen molar-refractivity contribution in [1.82, 2.24) is 20.0 Å². The molecule has 19 heavy (non-hydrogen) atoms. The van der Waals surface area contributed by atoms with Gasteiger partial charge in [0.1, 0.15) is 5.54 Å². The van der Waals surface area contributed by atoms with Crippen molar-refractivity contribution in [2.24, 2.45) is 13.0 Å². The van der Waals surface area contributed by atoms with Crippen molar-refractivity contribution in [1.29, 1.82) is 0 Å². The van der Waals surface area contributed by atoms with E-state index in [0.717, 1.165) is 18.5 Å². The van der Waals surface area contributed by atoms with E-state index in [1.807, 2.05) is 26.2 Å². The second-order valence-corrected chi connectivity index (χ2v) is 5.57. The van der Waals surface area contributed by atoms with E-state index in [1.54, 1.807) is 9.58 Å². The maximum atomic E-state index is 12.2. The standard InChI is InChI=1S/C13H18N4O2/c1-13(9-3-4-9)12(19)14-7-11(18)17(13)8-10-5-6-16(2)15-10/h5-6,9H,3-4,7-8H2,1-2H3,(H,14,19). The van der Waals surface area contributed by atoms with Crippen molar-refractivity contribution < 1.29 is 9.59 Å². The molecule has 6 nitrogen and oxygen atoms in total. The molecule has 1 aliphatic carbocycles. The smallest absolute Gasteiger partial charge is 0.246 e. The van der Waals surface area contributed by atoms with Gasteiger partial charge >= 0.3 is 0 Å². The molecule has 1 saturated heterocycles. The Morgan fingerprint density at radius 1 is 1.47 bits per heavy atom. The van der Waals surface area contributed by atoms with Crippen molar-refractivity contribution in [3.8, 4) is 0 Å². The highest BCUT2D eigenvalue weighted by Crippen LogP contribution is 2.44. The highest BCUT2D eigenvalue weighted by molar-refractivity contribution is 5.98. The fourth-order valence-corrected chi connectivity index (χ4v) is 2.83. The summed E-state index contributed by atoms with van der Waals surface area (Å²) in [5.41, 5.74) is 0.102. The van der Waals surface area contributed by atoms with E-state index >= 15 is 0 Å². The lowest BCUT2D eigenvalue weighted by Crippen LogP contribution is -2.66. The number of hydrogen-bond donors (Lipinski definition) is 1. The third kappa shape index (κ3) is 1.91. The fourth-order valence-electron chi connectivity index (χ4n) is 2.83. The Kier molecular flexibility index (Phi) is 2.62. The van der Waals surface area contributed by atoms with Crippen LogP contribution in [0.15, 0.2) is 12.3 Å². The molecule has 1 saturated carbocycles. The van der Waals surface area contributed by atoms with Crippen molar-refractivity contribution in [3.63, 3.8) is 0 Å². The van der Waals surface area contributed by atoms with E-state index < -0.39 is 5.54 Å². The highest BCUT2D eigenvalue weighted by atomic mass is 16.2. The van der Waals surface area contributed by atoms with Gasteiger partial charge in [-0.3, -0.25) is 14.3 Å². The number of aryl methyl sites for hydroxylation is 1. The molecule has 0 bridgehead atoms. The number of nitrogens with one attached hydrogen (secondary N) is 1. The Morgan fingerprint density at radius 3 is 2.79 bits per heavy atom. The summed E-state index contributed by atoms with van der Waals surface area (Å²) >= 11 is 0. The van der Waals surface area contributed by atoms with Crippen molar-refractivity contribution in [3.05, 3.63) is 18.0 Å². The van der Waals surface area contributed by atoms with Gasteiger partial charge in [0.15, 0.2) is 0 Å². The third-order valence-corrected chi connectivity index (χ3v) is 4.18. The summed E-state index contributed by atoms with van der Waals surface area (Å²) in [7, 11) is 1.84. The van der Waals surface area contributed by atoms with Gasteiger partial charge in [0.2, 0.25) is 11.8 Å². The number of amides is 2. The van der Waals surface area contributed by atoms with Gasteiger partial charge in [-0.15, -0.1) is 0 Å². The summed E-state index contributed by atoms with van der Waals surface area (Å²) in [5.74, 6) is 0.214. The van der Waals surface area contributed by atoms with Crippen molar-refractivity contribution in [2.75, 3.05) is 6.54 Å². The van der Waals surface area contributed by atoms with Gasteiger partial charge in [0.05, 0.1) is 18.8 Å². The number of carbonyl (C=O) groups is 2. The lowest BCUT2D eigenvalue weighted by molar-refractivity contribution is -0.155. The average molecular weight is 262 g/mol. The van der Waals surface area contributed by atoms with Gasteiger partial charge in [-0.25, -0.2) is 0 Å². The van der Waals surface area contributed by atoms with Crippen LogP contribution in [0.3, 0.4) is 0 Å². The van der Waals surface area contributed by atoms with E-state index in [4.69, 9.17) is 0 Å².